The van der Waals surface area contributed by atoms with Gasteiger partial charge in [0.25, 0.3) is 5.91 Å². The molecule has 0 saturated heterocycles. The molecule has 3 N–H and O–H groups in total. The van der Waals surface area contributed by atoms with Gasteiger partial charge in [-0.3, -0.25) is 4.79 Å². The molecule has 0 saturated carbocycles. The summed E-state index contributed by atoms with van der Waals surface area (Å²) in [6.07, 6.45) is 2.24. The summed E-state index contributed by atoms with van der Waals surface area (Å²) >= 11 is 5.96. The highest BCUT2D eigenvalue weighted by atomic mass is 35.5. The SMILES string of the molecule is Nc1cccc(C(=O)NCCc2ccco2)c1Cl. The first kappa shape index (κ1) is 12.5. The molecule has 0 aliphatic heterocycles. The Morgan fingerprint density at radius 2 is 2.17 bits per heavy atom. The maximum absolute atomic E-state index is 11.9. The monoisotopic (exact) mass is 264 g/mol. The van der Waals surface area contributed by atoms with Crippen LogP contribution in [0.15, 0.2) is 41.0 Å². The Kier molecular flexibility index (Phi) is 3.89. The predicted molar refractivity (Wildman–Crippen MR) is 70.6 cm³/mol. The number of hydrogen-bond donors (Lipinski definition) is 2. The van der Waals surface area contributed by atoms with E-state index in [1.54, 1.807) is 24.5 Å². The number of amides is 1. The molecule has 4 nitrogen and oxygen atoms in total. The molecule has 2 aromatic rings. The second-order valence-corrected chi connectivity index (χ2v) is 4.17. The summed E-state index contributed by atoms with van der Waals surface area (Å²) in [6.45, 7) is 0.484. The number of carbonyl (C=O) groups is 1. The van der Waals surface area contributed by atoms with Crippen LogP contribution < -0.4 is 11.1 Å². The van der Waals surface area contributed by atoms with Crippen LogP contribution in [-0.2, 0) is 6.42 Å². The van der Waals surface area contributed by atoms with E-state index in [2.05, 4.69) is 5.32 Å². The quantitative estimate of drug-likeness (QED) is 0.834. The molecular weight excluding hydrogens is 252 g/mol. The Labute approximate surface area is 110 Å². The van der Waals surface area contributed by atoms with E-state index in [0.29, 0.717) is 24.2 Å². The van der Waals surface area contributed by atoms with Crippen molar-refractivity contribution in [3.05, 3.63) is 52.9 Å². The largest absolute Gasteiger partial charge is 0.469 e. The van der Waals surface area contributed by atoms with Crippen LogP contribution in [0.4, 0.5) is 5.69 Å². The van der Waals surface area contributed by atoms with Gasteiger partial charge in [0.2, 0.25) is 0 Å². The van der Waals surface area contributed by atoms with E-state index in [4.69, 9.17) is 21.8 Å². The van der Waals surface area contributed by atoms with Crippen molar-refractivity contribution in [3.8, 4) is 0 Å². The lowest BCUT2D eigenvalue weighted by atomic mass is 10.2. The third-order valence-electron chi connectivity index (χ3n) is 2.51. The number of nitrogens with two attached hydrogens (primary N) is 1. The van der Waals surface area contributed by atoms with Gasteiger partial charge in [-0.15, -0.1) is 0 Å². The fraction of sp³-hybridized carbons (Fsp3) is 0.154. The first-order valence-electron chi connectivity index (χ1n) is 5.53. The first-order chi connectivity index (χ1) is 8.68. The van der Waals surface area contributed by atoms with Gasteiger partial charge in [0.15, 0.2) is 0 Å². The summed E-state index contributed by atoms with van der Waals surface area (Å²) in [7, 11) is 0. The van der Waals surface area contributed by atoms with Crippen LogP contribution in [-0.4, -0.2) is 12.5 Å². The Morgan fingerprint density at radius 1 is 1.33 bits per heavy atom. The van der Waals surface area contributed by atoms with Gasteiger partial charge in [-0.2, -0.15) is 0 Å². The number of rotatable bonds is 4. The molecule has 1 aromatic carbocycles. The van der Waals surface area contributed by atoms with Crippen LogP contribution in [0, 0.1) is 0 Å². The lowest BCUT2D eigenvalue weighted by molar-refractivity contribution is 0.0954. The number of hydrogen-bond acceptors (Lipinski definition) is 3. The highest BCUT2D eigenvalue weighted by molar-refractivity contribution is 6.36. The maximum Gasteiger partial charge on any atom is 0.252 e. The van der Waals surface area contributed by atoms with E-state index in [0.717, 1.165) is 5.76 Å². The van der Waals surface area contributed by atoms with Crippen LogP contribution in [0.5, 0.6) is 0 Å². The molecule has 1 aromatic heterocycles. The molecule has 0 atom stereocenters. The third kappa shape index (κ3) is 2.84. The van der Waals surface area contributed by atoms with E-state index >= 15 is 0 Å². The van der Waals surface area contributed by atoms with E-state index in [1.807, 2.05) is 12.1 Å². The summed E-state index contributed by atoms with van der Waals surface area (Å²) in [5, 5.41) is 3.05. The number of halogens is 1. The van der Waals surface area contributed by atoms with Crippen molar-refractivity contribution in [1.82, 2.24) is 5.32 Å². The fourth-order valence-corrected chi connectivity index (χ4v) is 1.79. The van der Waals surface area contributed by atoms with Gasteiger partial charge in [-0.1, -0.05) is 17.7 Å². The topological polar surface area (TPSA) is 68.3 Å². The summed E-state index contributed by atoms with van der Waals surface area (Å²) in [4.78, 5) is 11.9. The molecule has 0 fully saturated rings. The van der Waals surface area contributed by atoms with Crippen LogP contribution >= 0.6 is 11.6 Å². The highest BCUT2D eigenvalue weighted by Crippen LogP contribution is 2.22. The zero-order chi connectivity index (χ0) is 13.0. The summed E-state index contributed by atoms with van der Waals surface area (Å²) in [6, 6.07) is 8.66. The third-order valence-corrected chi connectivity index (χ3v) is 2.93. The second kappa shape index (κ2) is 5.60. The lowest BCUT2D eigenvalue weighted by Gasteiger charge is -2.07. The number of nitrogens with one attached hydrogen (secondary N) is 1. The van der Waals surface area contributed by atoms with Crippen molar-refractivity contribution in [2.75, 3.05) is 12.3 Å². The maximum atomic E-state index is 11.9. The van der Waals surface area contributed by atoms with Gasteiger partial charge < -0.3 is 15.5 Å². The molecule has 94 valence electrons. The first-order valence-corrected chi connectivity index (χ1v) is 5.91. The average molecular weight is 265 g/mol. The van der Waals surface area contributed by atoms with Crippen LogP contribution in [0.1, 0.15) is 16.1 Å². The number of nitrogen functional groups attached to an aromatic ring is 1. The van der Waals surface area contributed by atoms with E-state index < -0.39 is 0 Å². The highest BCUT2D eigenvalue weighted by Gasteiger charge is 2.11. The van der Waals surface area contributed by atoms with Crippen molar-refractivity contribution in [1.29, 1.82) is 0 Å². The Morgan fingerprint density at radius 3 is 2.89 bits per heavy atom. The summed E-state index contributed by atoms with van der Waals surface area (Å²) in [5.41, 5.74) is 6.42. The minimum atomic E-state index is -0.237. The van der Waals surface area contributed by atoms with Crippen LogP contribution in [0.3, 0.4) is 0 Å². The second-order valence-electron chi connectivity index (χ2n) is 3.79. The molecule has 0 aliphatic carbocycles. The number of anilines is 1. The molecule has 5 heteroatoms. The van der Waals surface area contributed by atoms with Gasteiger partial charge >= 0.3 is 0 Å². The van der Waals surface area contributed by atoms with Gasteiger partial charge in [0.1, 0.15) is 5.76 Å². The molecule has 0 aliphatic rings. The summed E-state index contributed by atoms with van der Waals surface area (Å²) < 4.78 is 5.17. The number of benzene rings is 1. The van der Waals surface area contributed by atoms with E-state index in [1.165, 1.54) is 0 Å². The minimum Gasteiger partial charge on any atom is -0.469 e. The lowest BCUT2D eigenvalue weighted by Crippen LogP contribution is -2.26. The average Bonchev–Trinajstić information content (AvgIpc) is 2.85. The predicted octanol–water partition coefficient (Wildman–Crippen LogP) is 2.49. The molecule has 0 spiro atoms. The van der Waals surface area contributed by atoms with Gasteiger partial charge in [-0.25, -0.2) is 0 Å². The minimum absolute atomic E-state index is 0.237. The Hall–Kier alpha value is -1.94. The van der Waals surface area contributed by atoms with Crippen molar-refractivity contribution in [3.63, 3.8) is 0 Å². The standard InChI is InChI=1S/C13H13ClN2O2/c14-12-10(4-1-5-11(12)15)13(17)16-7-6-9-3-2-8-18-9/h1-5,8H,6-7,15H2,(H,16,17). The van der Waals surface area contributed by atoms with Crippen LogP contribution in [0.2, 0.25) is 5.02 Å². The molecule has 0 radical (unpaired) electrons. The smallest absolute Gasteiger partial charge is 0.252 e. The zero-order valence-corrected chi connectivity index (χ0v) is 10.4. The molecule has 0 unspecified atom stereocenters. The summed E-state index contributed by atoms with van der Waals surface area (Å²) in [5.74, 6) is 0.591. The van der Waals surface area contributed by atoms with Gasteiger partial charge in [0, 0.05) is 13.0 Å². The van der Waals surface area contributed by atoms with Crippen molar-refractivity contribution in [2.45, 2.75) is 6.42 Å². The molecular formula is C13H13ClN2O2. The van der Waals surface area contributed by atoms with Crippen molar-refractivity contribution < 1.29 is 9.21 Å². The fourth-order valence-electron chi connectivity index (χ4n) is 1.57. The van der Waals surface area contributed by atoms with E-state index in [9.17, 15) is 4.79 Å². The van der Waals surface area contributed by atoms with Crippen molar-refractivity contribution >= 4 is 23.2 Å². The van der Waals surface area contributed by atoms with Gasteiger partial charge in [0.05, 0.1) is 22.5 Å². The van der Waals surface area contributed by atoms with E-state index in [-0.39, 0.29) is 10.9 Å². The Bertz CT molecular complexity index is 538. The number of carbonyl (C=O) groups excluding carboxylic acids is 1. The van der Waals surface area contributed by atoms with Crippen molar-refractivity contribution in [2.24, 2.45) is 0 Å². The van der Waals surface area contributed by atoms with Crippen LogP contribution in [0.25, 0.3) is 0 Å². The molecule has 2 rings (SSSR count). The zero-order valence-electron chi connectivity index (χ0n) is 9.65. The Balaban J connectivity index is 1.93. The molecule has 0 bridgehead atoms. The molecule has 1 amide bonds. The van der Waals surface area contributed by atoms with Gasteiger partial charge in [-0.05, 0) is 24.3 Å². The normalized spacial score (nSPS) is 10.3. The molecule has 1 heterocycles. The molecule has 18 heavy (non-hydrogen) atoms. The number of furan rings is 1.